The molecule has 0 spiro atoms. The van der Waals surface area contributed by atoms with Crippen LogP contribution in [0.3, 0.4) is 0 Å². The molecular formula is C15H24N2O. The summed E-state index contributed by atoms with van der Waals surface area (Å²) in [5.41, 5.74) is 1.37. The van der Waals surface area contributed by atoms with Gasteiger partial charge in [-0.05, 0) is 45.2 Å². The minimum atomic E-state index is 0.720. The molecule has 1 unspecified atom stereocenters. The van der Waals surface area contributed by atoms with Crippen molar-refractivity contribution in [3.63, 3.8) is 0 Å². The molecule has 1 N–H and O–H groups in total. The Hall–Kier alpha value is -0.800. The Balaban J connectivity index is 1.58. The molecule has 1 aromatic heterocycles. The lowest BCUT2D eigenvalue weighted by Gasteiger charge is -2.33. The number of furan rings is 1. The predicted molar refractivity (Wildman–Crippen MR) is 72.3 cm³/mol. The highest BCUT2D eigenvalue weighted by atomic mass is 16.3. The van der Waals surface area contributed by atoms with E-state index in [9.17, 15) is 0 Å². The lowest BCUT2D eigenvalue weighted by atomic mass is 10.0. The van der Waals surface area contributed by atoms with Crippen molar-refractivity contribution in [2.24, 2.45) is 0 Å². The topological polar surface area (TPSA) is 28.4 Å². The largest absolute Gasteiger partial charge is 0.468 e. The fourth-order valence-corrected chi connectivity index (χ4v) is 2.80. The minimum Gasteiger partial charge on any atom is -0.468 e. The predicted octanol–water partition coefficient (Wildman–Crippen LogP) is 2.91. The molecule has 18 heavy (non-hydrogen) atoms. The van der Waals surface area contributed by atoms with E-state index in [1.807, 2.05) is 6.26 Å². The van der Waals surface area contributed by atoms with Gasteiger partial charge in [0.15, 0.2) is 0 Å². The Kier molecular flexibility index (Phi) is 3.71. The standard InChI is InChI=1S/C15H24N2O/c1-12-4-2-3-8-17(12)11-13-7-9-18-15(13)10-16-14-5-6-14/h7,9,12,14,16H,2-6,8,10-11H2,1H3. The summed E-state index contributed by atoms with van der Waals surface area (Å²) in [4.78, 5) is 2.59. The maximum absolute atomic E-state index is 5.63. The molecule has 1 saturated carbocycles. The first-order valence-electron chi connectivity index (χ1n) is 7.35. The van der Waals surface area contributed by atoms with Gasteiger partial charge in [0.1, 0.15) is 5.76 Å². The molecule has 2 heterocycles. The van der Waals surface area contributed by atoms with E-state index in [-0.39, 0.29) is 0 Å². The van der Waals surface area contributed by atoms with Crippen LogP contribution in [-0.2, 0) is 13.1 Å². The SMILES string of the molecule is CC1CCCCN1Cc1ccoc1CNC1CC1. The fraction of sp³-hybridized carbons (Fsp3) is 0.733. The maximum Gasteiger partial charge on any atom is 0.122 e. The molecule has 2 aliphatic rings. The zero-order valence-corrected chi connectivity index (χ0v) is 11.3. The molecular weight excluding hydrogens is 224 g/mol. The lowest BCUT2D eigenvalue weighted by Crippen LogP contribution is -2.37. The third kappa shape index (κ3) is 2.96. The van der Waals surface area contributed by atoms with Crippen molar-refractivity contribution in [1.82, 2.24) is 10.2 Å². The van der Waals surface area contributed by atoms with Gasteiger partial charge in [0.2, 0.25) is 0 Å². The van der Waals surface area contributed by atoms with Gasteiger partial charge in [0.05, 0.1) is 12.8 Å². The molecule has 3 nitrogen and oxygen atoms in total. The number of piperidine rings is 1. The molecule has 1 aliphatic heterocycles. The summed E-state index contributed by atoms with van der Waals surface area (Å²) in [7, 11) is 0. The maximum atomic E-state index is 5.63. The average molecular weight is 248 g/mol. The second-order valence-electron chi connectivity index (χ2n) is 5.84. The normalized spacial score (nSPS) is 25.5. The van der Waals surface area contributed by atoms with Crippen LogP contribution in [0.15, 0.2) is 16.7 Å². The zero-order valence-electron chi connectivity index (χ0n) is 11.3. The molecule has 1 aliphatic carbocycles. The zero-order chi connectivity index (χ0) is 12.4. The van der Waals surface area contributed by atoms with E-state index in [4.69, 9.17) is 4.42 Å². The van der Waals surface area contributed by atoms with Crippen LogP contribution in [-0.4, -0.2) is 23.5 Å². The molecule has 2 fully saturated rings. The molecule has 0 radical (unpaired) electrons. The monoisotopic (exact) mass is 248 g/mol. The van der Waals surface area contributed by atoms with E-state index >= 15 is 0 Å². The van der Waals surface area contributed by atoms with Crippen LogP contribution < -0.4 is 5.32 Å². The Morgan fingerprint density at radius 1 is 1.33 bits per heavy atom. The van der Waals surface area contributed by atoms with Crippen molar-refractivity contribution in [2.45, 2.75) is 64.2 Å². The third-order valence-electron chi connectivity index (χ3n) is 4.28. The average Bonchev–Trinajstić information content (AvgIpc) is 3.10. The van der Waals surface area contributed by atoms with Gasteiger partial charge in [-0.15, -0.1) is 0 Å². The van der Waals surface area contributed by atoms with Crippen molar-refractivity contribution in [3.05, 3.63) is 23.7 Å². The number of hydrogen-bond donors (Lipinski definition) is 1. The molecule has 3 heteroatoms. The molecule has 1 aromatic rings. The summed E-state index contributed by atoms with van der Waals surface area (Å²) in [6.07, 6.45) is 8.58. The smallest absolute Gasteiger partial charge is 0.122 e. The summed E-state index contributed by atoms with van der Waals surface area (Å²) in [5, 5.41) is 3.54. The van der Waals surface area contributed by atoms with Gasteiger partial charge in [-0.3, -0.25) is 4.90 Å². The van der Waals surface area contributed by atoms with Crippen LogP contribution in [0, 0.1) is 0 Å². The number of rotatable bonds is 5. The van der Waals surface area contributed by atoms with E-state index in [0.29, 0.717) is 0 Å². The highest BCUT2D eigenvalue weighted by Crippen LogP contribution is 2.23. The van der Waals surface area contributed by atoms with Gasteiger partial charge in [-0.25, -0.2) is 0 Å². The molecule has 0 amide bonds. The first-order chi connectivity index (χ1) is 8.83. The molecule has 1 saturated heterocycles. The summed E-state index contributed by atoms with van der Waals surface area (Å²) in [6, 6.07) is 3.61. The van der Waals surface area contributed by atoms with Crippen molar-refractivity contribution in [1.29, 1.82) is 0 Å². The molecule has 0 bridgehead atoms. The van der Waals surface area contributed by atoms with Crippen LogP contribution in [0.25, 0.3) is 0 Å². The number of likely N-dealkylation sites (tertiary alicyclic amines) is 1. The van der Waals surface area contributed by atoms with Crippen molar-refractivity contribution in [2.75, 3.05) is 6.54 Å². The second kappa shape index (κ2) is 5.45. The summed E-state index contributed by atoms with van der Waals surface area (Å²) in [6.45, 7) is 5.54. The Morgan fingerprint density at radius 3 is 3.00 bits per heavy atom. The Morgan fingerprint density at radius 2 is 2.22 bits per heavy atom. The van der Waals surface area contributed by atoms with Crippen molar-refractivity contribution in [3.8, 4) is 0 Å². The van der Waals surface area contributed by atoms with E-state index in [2.05, 4.69) is 23.2 Å². The highest BCUT2D eigenvalue weighted by Gasteiger charge is 2.23. The van der Waals surface area contributed by atoms with Gasteiger partial charge >= 0.3 is 0 Å². The number of nitrogens with zero attached hydrogens (tertiary/aromatic N) is 1. The van der Waals surface area contributed by atoms with Crippen LogP contribution in [0.5, 0.6) is 0 Å². The molecule has 1 atom stereocenters. The quantitative estimate of drug-likeness (QED) is 0.868. The van der Waals surface area contributed by atoms with E-state index in [1.54, 1.807) is 0 Å². The highest BCUT2D eigenvalue weighted by molar-refractivity contribution is 5.17. The Bertz CT molecular complexity index is 384. The van der Waals surface area contributed by atoms with Crippen LogP contribution in [0.2, 0.25) is 0 Å². The van der Waals surface area contributed by atoms with E-state index < -0.39 is 0 Å². The van der Waals surface area contributed by atoms with Crippen LogP contribution in [0.4, 0.5) is 0 Å². The third-order valence-corrected chi connectivity index (χ3v) is 4.28. The van der Waals surface area contributed by atoms with Gasteiger partial charge in [-0.2, -0.15) is 0 Å². The van der Waals surface area contributed by atoms with Gasteiger partial charge in [0, 0.05) is 24.2 Å². The molecule has 0 aromatic carbocycles. The fourth-order valence-electron chi connectivity index (χ4n) is 2.80. The van der Waals surface area contributed by atoms with E-state index in [0.717, 1.165) is 30.9 Å². The van der Waals surface area contributed by atoms with Crippen LogP contribution in [0.1, 0.15) is 50.4 Å². The Labute approximate surface area is 110 Å². The second-order valence-corrected chi connectivity index (χ2v) is 5.84. The lowest BCUT2D eigenvalue weighted by molar-refractivity contribution is 0.151. The first kappa shape index (κ1) is 12.2. The summed E-state index contributed by atoms with van der Waals surface area (Å²) < 4.78 is 5.63. The summed E-state index contributed by atoms with van der Waals surface area (Å²) in [5.74, 6) is 1.14. The summed E-state index contributed by atoms with van der Waals surface area (Å²) >= 11 is 0. The van der Waals surface area contributed by atoms with Crippen LogP contribution >= 0.6 is 0 Å². The van der Waals surface area contributed by atoms with Crippen molar-refractivity contribution >= 4 is 0 Å². The molecule has 3 rings (SSSR count). The molecule has 100 valence electrons. The van der Waals surface area contributed by atoms with Gasteiger partial charge in [-0.1, -0.05) is 6.42 Å². The number of nitrogens with one attached hydrogen (secondary N) is 1. The van der Waals surface area contributed by atoms with E-state index in [1.165, 1.54) is 44.2 Å². The first-order valence-corrected chi connectivity index (χ1v) is 7.35. The van der Waals surface area contributed by atoms with Gasteiger partial charge in [0.25, 0.3) is 0 Å². The van der Waals surface area contributed by atoms with Gasteiger partial charge < -0.3 is 9.73 Å². The number of hydrogen-bond acceptors (Lipinski definition) is 3. The minimum absolute atomic E-state index is 0.720. The van der Waals surface area contributed by atoms with Crippen molar-refractivity contribution < 1.29 is 4.42 Å².